The summed E-state index contributed by atoms with van der Waals surface area (Å²) in [6.07, 6.45) is 1.13. The maximum Gasteiger partial charge on any atom is 0.277 e. The SMILES string of the molecule is COc1ccc(C(=O)N2CCC3(CC2)CN(C(=O)c2cc(Cl)cc(Cl)n2)c2ccc(F)cc23)cc1OC. The van der Waals surface area contributed by atoms with E-state index in [0.717, 1.165) is 5.56 Å². The standard InChI is InChI=1S/C27H24Cl2FN3O4/c1-36-22-6-3-16(11-23(22)37-2)25(34)32-9-7-27(8-10-32)15-33(21-5-4-18(30)14-19(21)27)26(35)20-12-17(28)13-24(29)31-20/h3-6,11-14H,7-10,15H2,1-2H3. The summed E-state index contributed by atoms with van der Waals surface area (Å²) in [7, 11) is 3.06. The van der Waals surface area contributed by atoms with Gasteiger partial charge in [-0.15, -0.1) is 0 Å². The van der Waals surface area contributed by atoms with E-state index < -0.39 is 5.41 Å². The minimum atomic E-state index is -0.496. The molecule has 0 atom stereocenters. The first-order chi connectivity index (χ1) is 17.7. The molecule has 2 aromatic carbocycles. The fourth-order valence-corrected chi connectivity index (χ4v) is 5.72. The van der Waals surface area contributed by atoms with E-state index in [-0.39, 0.29) is 28.5 Å². The highest BCUT2D eigenvalue weighted by molar-refractivity contribution is 6.34. The number of benzene rings is 2. The van der Waals surface area contributed by atoms with Crippen molar-refractivity contribution < 1.29 is 23.5 Å². The number of carbonyl (C=O) groups excluding carboxylic acids is 2. The van der Waals surface area contributed by atoms with E-state index in [9.17, 15) is 14.0 Å². The maximum atomic E-state index is 14.4. The number of amides is 2. The summed E-state index contributed by atoms with van der Waals surface area (Å²) >= 11 is 12.1. The van der Waals surface area contributed by atoms with Crippen molar-refractivity contribution >= 4 is 40.7 Å². The molecule has 3 heterocycles. The molecule has 1 spiro atoms. The Morgan fingerprint density at radius 1 is 0.946 bits per heavy atom. The molecule has 2 aliphatic heterocycles. The molecular formula is C27H24Cl2FN3O4. The fourth-order valence-electron chi connectivity index (χ4n) is 5.25. The van der Waals surface area contributed by atoms with Crippen LogP contribution in [0.2, 0.25) is 10.2 Å². The molecule has 192 valence electrons. The Labute approximate surface area is 223 Å². The molecule has 0 aliphatic carbocycles. The van der Waals surface area contributed by atoms with Gasteiger partial charge in [-0.25, -0.2) is 9.37 Å². The molecule has 0 saturated carbocycles. The number of hydrogen-bond donors (Lipinski definition) is 0. The first kappa shape index (κ1) is 25.3. The third-order valence-electron chi connectivity index (χ3n) is 7.14. The summed E-state index contributed by atoms with van der Waals surface area (Å²) in [4.78, 5) is 34.2. The second-order valence-corrected chi connectivity index (χ2v) is 10.0. The summed E-state index contributed by atoms with van der Waals surface area (Å²) in [5.41, 5.74) is 1.50. The van der Waals surface area contributed by atoms with Crippen molar-refractivity contribution in [1.29, 1.82) is 0 Å². The number of piperidine rings is 1. The first-order valence-electron chi connectivity index (χ1n) is 11.7. The van der Waals surface area contributed by atoms with Gasteiger partial charge in [0.05, 0.1) is 14.2 Å². The highest BCUT2D eigenvalue weighted by atomic mass is 35.5. The maximum absolute atomic E-state index is 14.4. The Morgan fingerprint density at radius 2 is 1.68 bits per heavy atom. The van der Waals surface area contributed by atoms with Gasteiger partial charge < -0.3 is 19.3 Å². The predicted molar refractivity (Wildman–Crippen MR) is 139 cm³/mol. The Hall–Kier alpha value is -3.36. The first-order valence-corrected chi connectivity index (χ1v) is 12.5. The van der Waals surface area contributed by atoms with Crippen LogP contribution in [0.5, 0.6) is 11.5 Å². The van der Waals surface area contributed by atoms with E-state index in [2.05, 4.69) is 4.98 Å². The topological polar surface area (TPSA) is 72.0 Å². The van der Waals surface area contributed by atoms with Crippen LogP contribution >= 0.6 is 23.2 Å². The highest BCUT2D eigenvalue weighted by Gasteiger charge is 2.47. The predicted octanol–water partition coefficient (Wildman–Crippen LogP) is 5.38. The number of rotatable bonds is 4. The molecule has 7 nitrogen and oxygen atoms in total. The number of pyridine rings is 1. The zero-order valence-corrected chi connectivity index (χ0v) is 21.8. The van der Waals surface area contributed by atoms with Crippen LogP contribution in [0, 0.1) is 5.82 Å². The second-order valence-electron chi connectivity index (χ2n) is 9.19. The summed E-state index contributed by atoms with van der Waals surface area (Å²) in [6.45, 7) is 1.24. The second kappa shape index (κ2) is 9.84. The molecule has 3 aromatic rings. The summed E-state index contributed by atoms with van der Waals surface area (Å²) in [6, 6.07) is 12.4. The van der Waals surface area contributed by atoms with Gasteiger partial charge in [-0.2, -0.15) is 0 Å². The lowest BCUT2D eigenvalue weighted by atomic mass is 9.74. The van der Waals surface area contributed by atoms with E-state index in [0.29, 0.717) is 60.2 Å². The molecule has 1 fully saturated rings. The van der Waals surface area contributed by atoms with Gasteiger partial charge >= 0.3 is 0 Å². The van der Waals surface area contributed by atoms with Crippen LogP contribution in [0.25, 0.3) is 0 Å². The number of likely N-dealkylation sites (tertiary alicyclic amines) is 1. The summed E-state index contributed by atoms with van der Waals surface area (Å²) in [5.74, 6) is 0.157. The van der Waals surface area contributed by atoms with E-state index in [4.69, 9.17) is 32.7 Å². The van der Waals surface area contributed by atoms with Crippen molar-refractivity contribution in [1.82, 2.24) is 9.88 Å². The van der Waals surface area contributed by atoms with Gasteiger partial charge in [0.2, 0.25) is 0 Å². The summed E-state index contributed by atoms with van der Waals surface area (Å²) < 4.78 is 25.0. The Kier molecular flexibility index (Phi) is 6.72. The number of methoxy groups -OCH3 is 2. The lowest BCUT2D eigenvalue weighted by Crippen LogP contribution is -2.48. The lowest BCUT2D eigenvalue weighted by molar-refractivity contribution is 0.0670. The van der Waals surface area contributed by atoms with Crippen molar-refractivity contribution in [2.45, 2.75) is 18.3 Å². The molecule has 5 rings (SSSR count). The third-order valence-corrected chi connectivity index (χ3v) is 7.55. The number of anilines is 1. The van der Waals surface area contributed by atoms with Crippen LogP contribution in [0.1, 0.15) is 39.3 Å². The average molecular weight is 544 g/mol. The molecule has 37 heavy (non-hydrogen) atoms. The Morgan fingerprint density at radius 3 is 2.35 bits per heavy atom. The molecule has 0 unspecified atom stereocenters. The Balaban J connectivity index is 1.40. The molecule has 0 radical (unpaired) electrons. The molecule has 0 N–H and O–H groups in total. The number of ether oxygens (including phenoxy) is 2. The zero-order valence-electron chi connectivity index (χ0n) is 20.3. The molecule has 2 aliphatic rings. The number of fused-ring (bicyclic) bond motifs is 2. The number of carbonyl (C=O) groups is 2. The van der Waals surface area contributed by atoms with Crippen LogP contribution in [0.4, 0.5) is 10.1 Å². The van der Waals surface area contributed by atoms with Crippen LogP contribution in [-0.4, -0.2) is 55.6 Å². The number of nitrogens with zero attached hydrogens (tertiary/aromatic N) is 3. The molecule has 1 saturated heterocycles. The molecule has 10 heteroatoms. The lowest BCUT2D eigenvalue weighted by Gasteiger charge is -2.40. The van der Waals surface area contributed by atoms with Gasteiger partial charge in [0.1, 0.15) is 16.7 Å². The third kappa shape index (κ3) is 4.60. The van der Waals surface area contributed by atoms with Crippen molar-refractivity contribution in [3.05, 3.63) is 81.3 Å². The van der Waals surface area contributed by atoms with Crippen molar-refractivity contribution in [3.63, 3.8) is 0 Å². The molecule has 1 aromatic heterocycles. The van der Waals surface area contributed by atoms with Crippen molar-refractivity contribution in [2.75, 3.05) is 38.8 Å². The minimum absolute atomic E-state index is 0.117. The van der Waals surface area contributed by atoms with Gasteiger partial charge in [0, 0.05) is 41.3 Å². The van der Waals surface area contributed by atoms with E-state index in [1.54, 1.807) is 34.1 Å². The highest BCUT2D eigenvalue weighted by Crippen LogP contribution is 2.48. The van der Waals surface area contributed by atoms with E-state index in [1.165, 1.54) is 38.5 Å². The monoisotopic (exact) mass is 543 g/mol. The Bertz CT molecular complexity index is 1370. The molecule has 2 amide bonds. The fraction of sp³-hybridized carbons (Fsp3) is 0.296. The normalized spacial score (nSPS) is 16.0. The average Bonchev–Trinajstić information content (AvgIpc) is 3.20. The zero-order chi connectivity index (χ0) is 26.3. The number of aromatic nitrogens is 1. The van der Waals surface area contributed by atoms with Gasteiger partial charge in [-0.3, -0.25) is 9.59 Å². The van der Waals surface area contributed by atoms with Crippen LogP contribution < -0.4 is 14.4 Å². The van der Waals surface area contributed by atoms with Gasteiger partial charge in [-0.05, 0) is 66.9 Å². The molecular weight excluding hydrogens is 520 g/mol. The smallest absolute Gasteiger partial charge is 0.277 e. The van der Waals surface area contributed by atoms with Crippen LogP contribution in [0.15, 0.2) is 48.5 Å². The van der Waals surface area contributed by atoms with Crippen molar-refractivity contribution in [2.24, 2.45) is 0 Å². The summed E-state index contributed by atoms with van der Waals surface area (Å²) in [5, 5.41) is 0.421. The van der Waals surface area contributed by atoms with Gasteiger partial charge in [0.25, 0.3) is 11.8 Å². The number of halogens is 3. The largest absolute Gasteiger partial charge is 0.493 e. The van der Waals surface area contributed by atoms with E-state index in [1.807, 2.05) is 0 Å². The van der Waals surface area contributed by atoms with E-state index >= 15 is 0 Å². The molecule has 0 bridgehead atoms. The van der Waals surface area contributed by atoms with Gasteiger partial charge in [0.15, 0.2) is 11.5 Å². The van der Waals surface area contributed by atoms with Crippen molar-refractivity contribution in [3.8, 4) is 11.5 Å². The quantitative estimate of drug-likeness (QED) is 0.413. The van der Waals surface area contributed by atoms with Gasteiger partial charge in [-0.1, -0.05) is 23.2 Å². The minimum Gasteiger partial charge on any atom is -0.493 e. The number of hydrogen-bond acceptors (Lipinski definition) is 5. The van der Waals surface area contributed by atoms with Crippen LogP contribution in [0.3, 0.4) is 0 Å². The van der Waals surface area contributed by atoms with Crippen LogP contribution in [-0.2, 0) is 5.41 Å².